The molecule has 43 heavy (non-hydrogen) atoms. The van der Waals surface area contributed by atoms with Gasteiger partial charge in [-0.1, -0.05) is 60.7 Å². The van der Waals surface area contributed by atoms with E-state index in [0.717, 1.165) is 5.56 Å². The van der Waals surface area contributed by atoms with Crippen molar-refractivity contribution in [1.82, 2.24) is 15.5 Å². The smallest absolute Gasteiger partial charge is 0.408 e. The highest BCUT2D eigenvalue weighted by Gasteiger charge is 2.36. The van der Waals surface area contributed by atoms with Crippen molar-refractivity contribution in [1.29, 1.82) is 0 Å². The fourth-order valence-electron chi connectivity index (χ4n) is 4.22. The number of nitrogens with two attached hydrogens (primary N) is 1. The summed E-state index contributed by atoms with van der Waals surface area (Å²) < 4.78 is 10.9. The lowest BCUT2D eigenvalue weighted by Gasteiger charge is -2.33. The van der Waals surface area contributed by atoms with E-state index in [1.165, 1.54) is 11.9 Å². The van der Waals surface area contributed by atoms with E-state index in [0.29, 0.717) is 5.56 Å². The third-order valence-electron chi connectivity index (χ3n) is 6.06. The molecule has 11 heteroatoms. The first kappa shape index (κ1) is 34.8. The van der Waals surface area contributed by atoms with E-state index in [1.54, 1.807) is 71.9 Å². The summed E-state index contributed by atoms with van der Waals surface area (Å²) in [6.45, 7) is 10.2. The number of likely N-dealkylation sites (N-methyl/N-ethyl adjacent to an activating group) is 1. The van der Waals surface area contributed by atoms with Crippen LogP contribution < -0.4 is 16.4 Å². The molecule has 3 atom stereocenters. The van der Waals surface area contributed by atoms with E-state index in [2.05, 4.69) is 10.6 Å². The molecule has 0 radical (unpaired) electrons. The summed E-state index contributed by atoms with van der Waals surface area (Å²) in [5.41, 5.74) is 4.94. The molecule has 2 aromatic rings. The Bertz CT molecular complexity index is 1250. The topological polar surface area (TPSA) is 157 Å². The zero-order valence-electron chi connectivity index (χ0n) is 26.0. The standard InChI is InChI=1S/C32H44N4O7/c1-31(2,3)42-29(40)24(20-21-14-10-8-11-15-21)34-27(38)26(22-16-12-9-13-17-22)36(7)28(39)23(18-19-25(33)37)35-30(41)43-32(4,5)6/h8-17,23-24,26H,18-20H2,1-7H3,(H2,33,37)(H,34,38)(H,35,41). The maximum atomic E-state index is 14.0. The molecule has 0 aliphatic carbocycles. The Morgan fingerprint density at radius 2 is 1.33 bits per heavy atom. The van der Waals surface area contributed by atoms with Gasteiger partial charge < -0.3 is 30.7 Å². The number of carbonyl (C=O) groups is 5. The average molecular weight is 597 g/mol. The van der Waals surface area contributed by atoms with Crippen LogP contribution in [-0.4, -0.2) is 65.0 Å². The first-order valence-corrected chi connectivity index (χ1v) is 14.1. The Balaban J connectivity index is 2.43. The van der Waals surface area contributed by atoms with Gasteiger partial charge in [-0.25, -0.2) is 9.59 Å². The van der Waals surface area contributed by atoms with Gasteiger partial charge in [0.05, 0.1) is 0 Å². The van der Waals surface area contributed by atoms with Crippen molar-refractivity contribution in [3.05, 3.63) is 71.8 Å². The van der Waals surface area contributed by atoms with Crippen molar-refractivity contribution in [2.75, 3.05) is 7.05 Å². The number of primary amides is 1. The first-order chi connectivity index (χ1) is 20.0. The van der Waals surface area contributed by atoms with Crippen molar-refractivity contribution >= 4 is 29.8 Å². The van der Waals surface area contributed by atoms with Gasteiger partial charge in [0, 0.05) is 19.9 Å². The van der Waals surface area contributed by atoms with Crippen molar-refractivity contribution in [2.24, 2.45) is 5.73 Å². The van der Waals surface area contributed by atoms with Crippen LogP contribution in [0.25, 0.3) is 0 Å². The van der Waals surface area contributed by atoms with Crippen molar-refractivity contribution < 1.29 is 33.4 Å². The van der Waals surface area contributed by atoms with Crippen molar-refractivity contribution in [3.63, 3.8) is 0 Å². The van der Waals surface area contributed by atoms with Crippen LogP contribution >= 0.6 is 0 Å². The van der Waals surface area contributed by atoms with Crippen LogP contribution in [0, 0.1) is 0 Å². The predicted octanol–water partition coefficient (Wildman–Crippen LogP) is 3.41. The SMILES string of the molecule is CN(C(=O)C(CCC(N)=O)NC(=O)OC(C)(C)C)C(C(=O)NC(Cc1ccccc1)C(=O)OC(C)(C)C)c1ccccc1. The minimum atomic E-state index is -1.22. The quantitative estimate of drug-likeness (QED) is 0.317. The van der Waals surface area contributed by atoms with Gasteiger partial charge in [0.2, 0.25) is 17.7 Å². The van der Waals surface area contributed by atoms with Gasteiger partial charge in [0.15, 0.2) is 0 Å². The molecule has 0 spiro atoms. The summed E-state index contributed by atoms with van der Waals surface area (Å²) in [7, 11) is 1.41. The summed E-state index contributed by atoms with van der Waals surface area (Å²) in [6, 6.07) is 14.2. The molecular weight excluding hydrogens is 552 g/mol. The molecule has 0 saturated heterocycles. The normalized spacial score (nSPS) is 13.6. The highest BCUT2D eigenvalue weighted by molar-refractivity contribution is 5.94. The lowest BCUT2D eigenvalue weighted by molar-refractivity contribution is -0.159. The Morgan fingerprint density at radius 1 is 0.791 bits per heavy atom. The van der Waals surface area contributed by atoms with Crippen LogP contribution in [-0.2, 0) is 35.1 Å². The average Bonchev–Trinajstić information content (AvgIpc) is 2.89. The molecule has 11 nitrogen and oxygen atoms in total. The number of benzene rings is 2. The maximum absolute atomic E-state index is 14.0. The first-order valence-electron chi connectivity index (χ1n) is 14.1. The molecule has 0 aromatic heterocycles. The second-order valence-electron chi connectivity index (χ2n) is 12.3. The van der Waals surface area contributed by atoms with Gasteiger partial charge in [0.1, 0.15) is 29.3 Å². The van der Waals surface area contributed by atoms with E-state index in [1.807, 2.05) is 30.3 Å². The summed E-state index contributed by atoms with van der Waals surface area (Å²) in [5.74, 6) is -2.59. The molecule has 0 aliphatic rings. The Hall–Kier alpha value is -4.41. The molecule has 2 rings (SSSR count). The lowest BCUT2D eigenvalue weighted by Crippen LogP contribution is -2.54. The number of hydrogen-bond donors (Lipinski definition) is 3. The number of rotatable bonds is 12. The monoisotopic (exact) mass is 596 g/mol. The lowest BCUT2D eigenvalue weighted by atomic mass is 10.0. The molecule has 4 N–H and O–H groups in total. The molecule has 4 amide bonds. The minimum Gasteiger partial charge on any atom is -0.458 e. The fraction of sp³-hybridized carbons (Fsp3) is 0.469. The van der Waals surface area contributed by atoms with Crippen LogP contribution in [0.1, 0.15) is 71.6 Å². The largest absolute Gasteiger partial charge is 0.458 e. The minimum absolute atomic E-state index is 0.116. The van der Waals surface area contributed by atoms with E-state index in [-0.39, 0.29) is 19.3 Å². The van der Waals surface area contributed by atoms with Gasteiger partial charge in [0.25, 0.3) is 0 Å². The maximum Gasteiger partial charge on any atom is 0.408 e. The van der Waals surface area contributed by atoms with E-state index < -0.39 is 59.1 Å². The van der Waals surface area contributed by atoms with Crippen LogP contribution in [0.5, 0.6) is 0 Å². The predicted molar refractivity (Wildman–Crippen MR) is 161 cm³/mol. The van der Waals surface area contributed by atoms with Gasteiger partial charge >= 0.3 is 12.1 Å². The number of alkyl carbamates (subject to hydrolysis) is 1. The Kier molecular flexibility index (Phi) is 12.3. The van der Waals surface area contributed by atoms with Gasteiger partial charge in [-0.3, -0.25) is 14.4 Å². The molecule has 0 heterocycles. The summed E-state index contributed by atoms with van der Waals surface area (Å²) in [5, 5.41) is 5.30. The Labute approximate surface area is 253 Å². The van der Waals surface area contributed by atoms with Gasteiger partial charge in [-0.2, -0.15) is 0 Å². The van der Waals surface area contributed by atoms with E-state index in [4.69, 9.17) is 15.2 Å². The second kappa shape index (κ2) is 15.2. The van der Waals surface area contributed by atoms with Crippen LogP contribution in [0.4, 0.5) is 4.79 Å². The van der Waals surface area contributed by atoms with Crippen LogP contribution in [0.15, 0.2) is 60.7 Å². The molecule has 3 unspecified atom stereocenters. The number of nitrogens with one attached hydrogen (secondary N) is 2. The molecule has 0 fully saturated rings. The Morgan fingerprint density at radius 3 is 1.84 bits per heavy atom. The number of esters is 1. The van der Waals surface area contributed by atoms with Gasteiger partial charge in [-0.15, -0.1) is 0 Å². The van der Waals surface area contributed by atoms with Crippen LogP contribution in [0.3, 0.4) is 0 Å². The zero-order chi connectivity index (χ0) is 32.4. The molecular formula is C32H44N4O7. The van der Waals surface area contributed by atoms with E-state index >= 15 is 0 Å². The van der Waals surface area contributed by atoms with Crippen LogP contribution in [0.2, 0.25) is 0 Å². The summed E-state index contributed by atoms with van der Waals surface area (Å²) in [4.78, 5) is 66.3. The number of nitrogens with zero attached hydrogens (tertiary/aromatic N) is 1. The molecule has 234 valence electrons. The summed E-state index contributed by atoms with van der Waals surface area (Å²) >= 11 is 0. The number of amides is 4. The zero-order valence-corrected chi connectivity index (χ0v) is 26.0. The van der Waals surface area contributed by atoms with Gasteiger partial charge in [-0.05, 0) is 59.1 Å². The fourth-order valence-corrected chi connectivity index (χ4v) is 4.22. The molecule has 0 aliphatic heterocycles. The molecule has 2 aromatic carbocycles. The highest BCUT2D eigenvalue weighted by atomic mass is 16.6. The summed E-state index contributed by atoms with van der Waals surface area (Å²) in [6.07, 6.45) is -1.02. The van der Waals surface area contributed by atoms with Crippen molar-refractivity contribution in [2.45, 2.75) is 90.1 Å². The molecule has 0 saturated carbocycles. The van der Waals surface area contributed by atoms with Crippen molar-refractivity contribution in [3.8, 4) is 0 Å². The van der Waals surface area contributed by atoms with E-state index in [9.17, 15) is 24.0 Å². The second-order valence-corrected chi connectivity index (χ2v) is 12.3. The third-order valence-corrected chi connectivity index (χ3v) is 6.06. The number of ether oxygens (including phenoxy) is 2. The highest BCUT2D eigenvalue weighted by Crippen LogP contribution is 2.23. The number of carbonyl (C=O) groups excluding carboxylic acids is 5. The third kappa shape index (κ3) is 12.2. The molecule has 0 bridgehead atoms. The number of hydrogen-bond acceptors (Lipinski definition) is 7.